The maximum atomic E-state index is 9.29. The third kappa shape index (κ3) is 2.10. The Kier molecular flexibility index (Phi) is 2.98. The number of nitrogens with zero attached hydrogens (tertiary/aromatic N) is 2. The summed E-state index contributed by atoms with van der Waals surface area (Å²) in [6.07, 6.45) is 2.01. The van der Waals surface area contributed by atoms with Crippen LogP contribution in [0.15, 0.2) is 28.8 Å². The lowest BCUT2D eigenvalue weighted by Crippen LogP contribution is -2.28. The van der Waals surface area contributed by atoms with Crippen molar-refractivity contribution in [2.45, 2.75) is 25.2 Å². The Morgan fingerprint density at radius 3 is 2.79 bits per heavy atom. The number of nitrogens with one attached hydrogen (secondary N) is 1. The normalized spacial score (nSPS) is 22.8. The monoisotopic (exact) mass is 259 g/mol. The predicted octanol–water partition coefficient (Wildman–Crippen LogP) is 2.08. The summed E-state index contributed by atoms with van der Waals surface area (Å²) in [6.45, 7) is 4.03. The van der Waals surface area contributed by atoms with Crippen LogP contribution in [0.5, 0.6) is 5.75 Å². The van der Waals surface area contributed by atoms with Crippen molar-refractivity contribution in [1.82, 2.24) is 15.5 Å². The molecule has 1 aromatic carbocycles. The van der Waals surface area contributed by atoms with Gasteiger partial charge in [0.2, 0.25) is 11.7 Å². The van der Waals surface area contributed by atoms with Crippen molar-refractivity contribution >= 4 is 0 Å². The zero-order valence-electron chi connectivity index (χ0n) is 10.9. The van der Waals surface area contributed by atoms with Crippen LogP contribution in [0.1, 0.15) is 25.7 Å². The van der Waals surface area contributed by atoms with Crippen LogP contribution in [0.2, 0.25) is 0 Å². The Hall–Kier alpha value is -1.88. The zero-order chi connectivity index (χ0) is 13.3. The summed E-state index contributed by atoms with van der Waals surface area (Å²) in [5, 5.41) is 16.7. The molecule has 0 amide bonds. The van der Waals surface area contributed by atoms with Gasteiger partial charge in [-0.2, -0.15) is 4.98 Å². The van der Waals surface area contributed by atoms with Crippen molar-refractivity contribution in [1.29, 1.82) is 0 Å². The van der Waals surface area contributed by atoms with Crippen molar-refractivity contribution < 1.29 is 9.63 Å². The van der Waals surface area contributed by atoms with E-state index in [1.165, 1.54) is 0 Å². The van der Waals surface area contributed by atoms with E-state index in [1.807, 2.05) is 0 Å². The van der Waals surface area contributed by atoms with Gasteiger partial charge < -0.3 is 14.9 Å². The SMILES string of the molecule is CCC1(c2nc(-c3ccc(O)cc3)no2)CCNC1. The third-order valence-electron chi connectivity index (χ3n) is 3.93. The molecule has 0 aliphatic carbocycles. The lowest BCUT2D eigenvalue weighted by Gasteiger charge is -2.20. The second-order valence-electron chi connectivity index (χ2n) is 5.03. The predicted molar refractivity (Wildman–Crippen MR) is 70.9 cm³/mol. The Morgan fingerprint density at radius 1 is 1.37 bits per heavy atom. The number of benzene rings is 1. The molecule has 2 aromatic rings. The Morgan fingerprint density at radius 2 is 2.16 bits per heavy atom. The number of aromatic nitrogens is 2. The lowest BCUT2D eigenvalue weighted by atomic mass is 9.84. The van der Waals surface area contributed by atoms with Crippen molar-refractivity contribution in [3.8, 4) is 17.1 Å². The topological polar surface area (TPSA) is 71.2 Å². The number of hydrogen-bond donors (Lipinski definition) is 2. The van der Waals surface area contributed by atoms with E-state index >= 15 is 0 Å². The molecule has 2 heterocycles. The second kappa shape index (κ2) is 4.66. The molecular formula is C14H17N3O2. The van der Waals surface area contributed by atoms with Gasteiger partial charge in [-0.25, -0.2) is 0 Å². The largest absolute Gasteiger partial charge is 0.508 e. The maximum Gasteiger partial charge on any atom is 0.234 e. The third-order valence-corrected chi connectivity index (χ3v) is 3.93. The minimum absolute atomic E-state index is 0.0256. The maximum absolute atomic E-state index is 9.29. The molecule has 2 N–H and O–H groups in total. The van der Waals surface area contributed by atoms with Gasteiger partial charge in [0.05, 0.1) is 5.41 Å². The van der Waals surface area contributed by atoms with E-state index in [1.54, 1.807) is 24.3 Å². The first-order valence-corrected chi connectivity index (χ1v) is 6.58. The van der Waals surface area contributed by atoms with Gasteiger partial charge in [-0.05, 0) is 43.7 Å². The number of phenolic OH excluding ortho intramolecular Hbond substituents is 1. The molecule has 1 saturated heterocycles. The summed E-state index contributed by atoms with van der Waals surface area (Å²) in [7, 11) is 0. The minimum Gasteiger partial charge on any atom is -0.508 e. The van der Waals surface area contributed by atoms with E-state index in [4.69, 9.17) is 4.52 Å². The number of aromatic hydroxyl groups is 1. The van der Waals surface area contributed by atoms with Crippen LogP contribution in [0, 0.1) is 0 Å². The fourth-order valence-electron chi connectivity index (χ4n) is 2.55. The van der Waals surface area contributed by atoms with E-state index in [2.05, 4.69) is 22.4 Å². The fraction of sp³-hybridized carbons (Fsp3) is 0.429. The first kappa shape index (κ1) is 12.2. The molecule has 0 spiro atoms. The van der Waals surface area contributed by atoms with E-state index in [0.717, 1.165) is 31.5 Å². The second-order valence-corrected chi connectivity index (χ2v) is 5.03. The first-order chi connectivity index (χ1) is 9.23. The van der Waals surface area contributed by atoms with Crippen molar-refractivity contribution in [3.63, 3.8) is 0 Å². The lowest BCUT2D eigenvalue weighted by molar-refractivity contribution is 0.285. The van der Waals surface area contributed by atoms with Crippen LogP contribution in [-0.4, -0.2) is 28.3 Å². The molecule has 3 rings (SSSR count). The molecule has 1 aliphatic heterocycles. The molecule has 100 valence electrons. The highest BCUT2D eigenvalue weighted by Gasteiger charge is 2.39. The molecule has 1 atom stereocenters. The molecule has 5 nitrogen and oxygen atoms in total. The van der Waals surface area contributed by atoms with Crippen LogP contribution in [0.25, 0.3) is 11.4 Å². The minimum atomic E-state index is -0.0256. The molecule has 0 bridgehead atoms. The van der Waals surface area contributed by atoms with Crippen LogP contribution in [0.4, 0.5) is 0 Å². The highest BCUT2D eigenvalue weighted by atomic mass is 16.5. The highest BCUT2D eigenvalue weighted by Crippen LogP contribution is 2.34. The molecule has 1 fully saturated rings. The summed E-state index contributed by atoms with van der Waals surface area (Å²) in [5.41, 5.74) is 0.826. The average molecular weight is 259 g/mol. The van der Waals surface area contributed by atoms with Gasteiger partial charge in [0, 0.05) is 12.1 Å². The Bertz CT molecular complexity index is 556. The van der Waals surface area contributed by atoms with Crippen molar-refractivity contribution in [3.05, 3.63) is 30.2 Å². The summed E-state index contributed by atoms with van der Waals surface area (Å²) in [6, 6.07) is 6.82. The standard InChI is InChI=1S/C14H17N3O2/c1-2-14(7-8-15-9-14)13-16-12(17-19-13)10-3-5-11(18)6-4-10/h3-6,15,18H,2,7-9H2,1H3. The van der Waals surface area contributed by atoms with E-state index in [9.17, 15) is 5.11 Å². The van der Waals surface area contributed by atoms with Crippen LogP contribution in [0.3, 0.4) is 0 Å². The number of rotatable bonds is 3. The summed E-state index contributed by atoms with van der Waals surface area (Å²) < 4.78 is 5.46. The van der Waals surface area contributed by atoms with Crippen LogP contribution < -0.4 is 5.32 Å². The smallest absolute Gasteiger partial charge is 0.234 e. The van der Waals surface area contributed by atoms with Gasteiger partial charge in [0.15, 0.2) is 0 Å². The zero-order valence-corrected chi connectivity index (χ0v) is 10.9. The molecular weight excluding hydrogens is 242 g/mol. The molecule has 5 heteroatoms. The average Bonchev–Trinajstić information content (AvgIpc) is 3.09. The molecule has 1 unspecified atom stereocenters. The molecule has 1 aromatic heterocycles. The summed E-state index contributed by atoms with van der Waals surface area (Å²) >= 11 is 0. The van der Waals surface area contributed by atoms with E-state index in [-0.39, 0.29) is 11.2 Å². The van der Waals surface area contributed by atoms with Crippen molar-refractivity contribution in [2.75, 3.05) is 13.1 Å². The van der Waals surface area contributed by atoms with E-state index in [0.29, 0.717) is 11.7 Å². The van der Waals surface area contributed by atoms with E-state index < -0.39 is 0 Å². The van der Waals surface area contributed by atoms with Gasteiger partial charge in [-0.15, -0.1) is 0 Å². The van der Waals surface area contributed by atoms with Gasteiger partial charge in [-0.1, -0.05) is 12.1 Å². The molecule has 19 heavy (non-hydrogen) atoms. The van der Waals surface area contributed by atoms with Crippen LogP contribution >= 0.6 is 0 Å². The van der Waals surface area contributed by atoms with Crippen LogP contribution in [-0.2, 0) is 5.41 Å². The summed E-state index contributed by atoms with van der Waals surface area (Å²) in [5.74, 6) is 1.52. The van der Waals surface area contributed by atoms with Gasteiger partial charge in [-0.3, -0.25) is 0 Å². The van der Waals surface area contributed by atoms with Gasteiger partial charge in [0.25, 0.3) is 0 Å². The Balaban J connectivity index is 1.92. The fourth-order valence-corrected chi connectivity index (χ4v) is 2.55. The van der Waals surface area contributed by atoms with Crippen molar-refractivity contribution in [2.24, 2.45) is 0 Å². The highest BCUT2D eigenvalue weighted by molar-refractivity contribution is 5.55. The molecule has 0 radical (unpaired) electrons. The molecule has 1 aliphatic rings. The Labute approximate surface area is 111 Å². The molecule has 0 saturated carbocycles. The number of phenols is 1. The first-order valence-electron chi connectivity index (χ1n) is 6.58. The van der Waals surface area contributed by atoms with Gasteiger partial charge >= 0.3 is 0 Å². The number of hydrogen-bond acceptors (Lipinski definition) is 5. The quantitative estimate of drug-likeness (QED) is 0.883. The summed E-state index contributed by atoms with van der Waals surface area (Å²) in [4.78, 5) is 4.54. The van der Waals surface area contributed by atoms with Gasteiger partial charge in [0.1, 0.15) is 5.75 Å².